The average Bonchev–Trinajstić information content (AvgIpc) is 2.03. The van der Waals surface area contributed by atoms with Crippen LogP contribution in [0.2, 0.25) is 0 Å². The number of hydrogen-bond donors (Lipinski definition) is 2. The van der Waals surface area contributed by atoms with Gasteiger partial charge in [0, 0.05) is 6.92 Å². The maximum absolute atomic E-state index is 11.2. The van der Waals surface area contributed by atoms with Crippen molar-refractivity contribution in [2.75, 3.05) is 12.4 Å². The van der Waals surface area contributed by atoms with E-state index in [1.165, 1.54) is 6.92 Å². The highest BCUT2D eigenvalue weighted by molar-refractivity contribution is 7.80. The van der Waals surface area contributed by atoms with Crippen LogP contribution in [0.25, 0.3) is 0 Å². The summed E-state index contributed by atoms with van der Waals surface area (Å²) in [5.41, 5.74) is 0. The van der Waals surface area contributed by atoms with Gasteiger partial charge >= 0.3 is 5.97 Å². The molecule has 0 radical (unpaired) electrons. The van der Waals surface area contributed by atoms with Crippen LogP contribution in [-0.4, -0.2) is 30.3 Å². The number of nitrogens with one attached hydrogen (secondary N) is 1. The van der Waals surface area contributed by atoms with E-state index in [2.05, 4.69) is 17.9 Å². The minimum Gasteiger partial charge on any atom is -0.464 e. The number of carbonyl (C=O) groups excluding carboxylic acids is 2. The lowest BCUT2D eigenvalue weighted by molar-refractivity contribution is -0.147. The largest absolute Gasteiger partial charge is 0.464 e. The molecule has 1 N–H and O–H groups in total. The van der Waals surface area contributed by atoms with Gasteiger partial charge in [0.05, 0.1) is 6.61 Å². The molecule has 0 heterocycles. The van der Waals surface area contributed by atoms with Gasteiger partial charge in [-0.1, -0.05) is 0 Å². The van der Waals surface area contributed by atoms with Crippen LogP contribution in [0.3, 0.4) is 0 Å². The van der Waals surface area contributed by atoms with Gasteiger partial charge in [0.25, 0.3) is 0 Å². The lowest BCUT2D eigenvalue weighted by atomic mass is 10.2. The third kappa shape index (κ3) is 5.52. The molecule has 0 saturated carbocycles. The zero-order chi connectivity index (χ0) is 10.3. The van der Waals surface area contributed by atoms with Crippen LogP contribution in [0.1, 0.15) is 20.3 Å². The molecule has 13 heavy (non-hydrogen) atoms. The molecule has 1 amide bonds. The monoisotopic (exact) mass is 205 g/mol. The fraction of sp³-hybridized carbons (Fsp3) is 0.750. The first-order valence-electron chi connectivity index (χ1n) is 4.16. The van der Waals surface area contributed by atoms with Crippen molar-refractivity contribution in [1.29, 1.82) is 0 Å². The Morgan fingerprint density at radius 3 is 2.54 bits per heavy atom. The van der Waals surface area contributed by atoms with E-state index in [0.29, 0.717) is 18.8 Å². The number of amides is 1. The lowest BCUT2D eigenvalue weighted by Gasteiger charge is -2.14. The fourth-order valence-corrected chi connectivity index (χ4v) is 1.12. The first-order chi connectivity index (χ1) is 6.11. The van der Waals surface area contributed by atoms with E-state index in [9.17, 15) is 9.59 Å². The summed E-state index contributed by atoms with van der Waals surface area (Å²) in [6, 6.07) is -0.560. The third-order valence-electron chi connectivity index (χ3n) is 1.37. The molecule has 0 aromatic rings. The number of hydrogen-bond acceptors (Lipinski definition) is 4. The fourth-order valence-electron chi connectivity index (χ4n) is 0.866. The molecule has 0 saturated heterocycles. The quantitative estimate of drug-likeness (QED) is 0.504. The number of esters is 1. The van der Waals surface area contributed by atoms with Crippen molar-refractivity contribution in [3.8, 4) is 0 Å². The Morgan fingerprint density at radius 2 is 2.15 bits per heavy atom. The second-order valence-corrected chi connectivity index (χ2v) is 2.96. The van der Waals surface area contributed by atoms with Gasteiger partial charge in [0.2, 0.25) is 5.91 Å². The zero-order valence-corrected chi connectivity index (χ0v) is 8.77. The second kappa shape index (κ2) is 6.77. The van der Waals surface area contributed by atoms with Crippen LogP contribution < -0.4 is 5.32 Å². The summed E-state index contributed by atoms with van der Waals surface area (Å²) >= 11 is 3.99. The summed E-state index contributed by atoms with van der Waals surface area (Å²) in [5, 5.41) is 2.50. The SMILES string of the molecule is CCOC(=O)[C@H](CCS)NC(C)=O. The van der Waals surface area contributed by atoms with Crippen LogP contribution in [0.5, 0.6) is 0 Å². The molecular weight excluding hydrogens is 190 g/mol. The number of ether oxygens (including phenoxy) is 1. The minimum absolute atomic E-state index is 0.236. The molecule has 5 heteroatoms. The predicted molar refractivity (Wildman–Crippen MR) is 52.7 cm³/mol. The van der Waals surface area contributed by atoms with Crippen LogP contribution in [0.4, 0.5) is 0 Å². The van der Waals surface area contributed by atoms with E-state index in [0.717, 1.165) is 0 Å². The molecule has 0 bridgehead atoms. The molecular formula is C8H15NO3S. The molecule has 0 aliphatic carbocycles. The molecule has 0 spiro atoms. The Bertz CT molecular complexity index is 184. The van der Waals surface area contributed by atoms with Crippen molar-refractivity contribution >= 4 is 24.5 Å². The molecule has 0 unspecified atom stereocenters. The topological polar surface area (TPSA) is 55.4 Å². The average molecular weight is 205 g/mol. The lowest BCUT2D eigenvalue weighted by Crippen LogP contribution is -2.41. The second-order valence-electron chi connectivity index (χ2n) is 2.52. The first-order valence-corrected chi connectivity index (χ1v) is 4.79. The molecule has 0 aliphatic rings. The van der Waals surface area contributed by atoms with E-state index in [1.54, 1.807) is 6.92 Å². The van der Waals surface area contributed by atoms with Gasteiger partial charge in [-0.25, -0.2) is 4.79 Å². The molecule has 0 fully saturated rings. The highest BCUT2D eigenvalue weighted by Crippen LogP contribution is 1.97. The first kappa shape index (κ1) is 12.3. The van der Waals surface area contributed by atoms with Crippen LogP contribution in [0, 0.1) is 0 Å². The number of thiol groups is 1. The number of rotatable bonds is 5. The summed E-state index contributed by atoms with van der Waals surface area (Å²) in [6.45, 7) is 3.41. The smallest absolute Gasteiger partial charge is 0.328 e. The van der Waals surface area contributed by atoms with Gasteiger partial charge in [0.15, 0.2) is 0 Å². The number of carbonyl (C=O) groups is 2. The van der Waals surface area contributed by atoms with Gasteiger partial charge in [-0.15, -0.1) is 0 Å². The van der Waals surface area contributed by atoms with Crippen LogP contribution in [0.15, 0.2) is 0 Å². The van der Waals surface area contributed by atoms with Crippen molar-refractivity contribution in [2.24, 2.45) is 0 Å². The zero-order valence-electron chi connectivity index (χ0n) is 7.87. The molecule has 0 aromatic carbocycles. The Morgan fingerprint density at radius 1 is 1.54 bits per heavy atom. The van der Waals surface area contributed by atoms with Gasteiger partial charge in [-0.05, 0) is 19.1 Å². The van der Waals surface area contributed by atoms with Crippen LogP contribution >= 0.6 is 12.6 Å². The highest BCUT2D eigenvalue weighted by Gasteiger charge is 2.19. The van der Waals surface area contributed by atoms with E-state index in [4.69, 9.17) is 4.74 Å². The maximum Gasteiger partial charge on any atom is 0.328 e. The van der Waals surface area contributed by atoms with Crippen molar-refractivity contribution in [3.05, 3.63) is 0 Å². The molecule has 4 nitrogen and oxygen atoms in total. The summed E-state index contributed by atoms with van der Waals surface area (Å²) in [6.07, 6.45) is 0.488. The predicted octanol–water partition coefficient (Wildman–Crippen LogP) is 0.374. The molecule has 0 rings (SSSR count). The maximum atomic E-state index is 11.2. The van der Waals surface area contributed by atoms with Crippen molar-refractivity contribution in [2.45, 2.75) is 26.3 Å². The van der Waals surface area contributed by atoms with Gasteiger partial charge < -0.3 is 10.1 Å². The Labute approximate surface area is 83.4 Å². The van der Waals surface area contributed by atoms with Crippen LogP contribution in [-0.2, 0) is 14.3 Å². The molecule has 0 aliphatic heterocycles. The minimum atomic E-state index is -0.560. The Kier molecular flexibility index (Phi) is 6.40. The van der Waals surface area contributed by atoms with Crippen molar-refractivity contribution in [3.63, 3.8) is 0 Å². The third-order valence-corrected chi connectivity index (χ3v) is 1.62. The summed E-state index contributed by atoms with van der Waals surface area (Å²) in [7, 11) is 0. The highest BCUT2D eigenvalue weighted by atomic mass is 32.1. The van der Waals surface area contributed by atoms with Gasteiger partial charge in [0.1, 0.15) is 6.04 Å². The Balaban J connectivity index is 4.06. The molecule has 0 aromatic heterocycles. The molecule has 1 atom stereocenters. The van der Waals surface area contributed by atoms with E-state index < -0.39 is 12.0 Å². The van der Waals surface area contributed by atoms with Gasteiger partial charge in [-0.3, -0.25) is 4.79 Å². The van der Waals surface area contributed by atoms with E-state index in [-0.39, 0.29) is 5.91 Å². The summed E-state index contributed by atoms with van der Waals surface area (Å²) in [5.74, 6) is -0.101. The van der Waals surface area contributed by atoms with E-state index in [1.807, 2.05) is 0 Å². The van der Waals surface area contributed by atoms with Crippen molar-refractivity contribution in [1.82, 2.24) is 5.32 Å². The van der Waals surface area contributed by atoms with Crippen molar-refractivity contribution < 1.29 is 14.3 Å². The standard InChI is InChI=1S/C8H15NO3S/c1-3-12-8(11)7(4-5-13)9-6(2)10/h7,13H,3-5H2,1-2H3,(H,9,10)/t7-/m0/s1. The normalized spacial score (nSPS) is 11.9. The summed E-state index contributed by atoms with van der Waals surface area (Å²) < 4.78 is 4.77. The molecule has 76 valence electrons. The Hall–Kier alpha value is -0.710. The van der Waals surface area contributed by atoms with Gasteiger partial charge in [-0.2, -0.15) is 12.6 Å². The summed E-state index contributed by atoms with van der Waals surface area (Å²) in [4.78, 5) is 21.9. The van der Waals surface area contributed by atoms with E-state index >= 15 is 0 Å².